The summed E-state index contributed by atoms with van der Waals surface area (Å²) in [5.41, 5.74) is 2.20. The topological polar surface area (TPSA) is 56.3 Å². The van der Waals surface area contributed by atoms with Crippen molar-refractivity contribution in [2.45, 2.75) is 13.2 Å². The first-order chi connectivity index (χ1) is 13.3. The number of ether oxygens (including phenoxy) is 2. The van der Waals surface area contributed by atoms with E-state index in [2.05, 4.69) is 15.3 Å². The van der Waals surface area contributed by atoms with E-state index in [9.17, 15) is 0 Å². The van der Waals surface area contributed by atoms with Crippen LogP contribution < -0.4 is 14.8 Å². The van der Waals surface area contributed by atoms with Crippen LogP contribution in [-0.4, -0.2) is 17.1 Å². The van der Waals surface area contributed by atoms with Gasteiger partial charge in [-0.05, 0) is 34.7 Å². The molecule has 0 aliphatic heterocycles. The second-order valence-corrected chi connectivity index (χ2v) is 6.87. The van der Waals surface area contributed by atoms with E-state index < -0.39 is 0 Å². The van der Waals surface area contributed by atoms with E-state index in [1.165, 1.54) is 0 Å². The highest BCUT2D eigenvalue weighted by Crippen LogP contribution is 2.30. The first-order valence-electron chi connectivity index (χ1n) is 8.59. The van der Waals surface area contributed by atoms with Crippen LogP contribution in [0.4, 0.5) is 5.82 Å². The van der Waals surface area contributed by atoms with Crippen LogP contribution in [0.15, 0.2) is 66.3 Å². The monoisotopic (exact) mass is 377 g/mol. The lowest BCUT2D eigenvalue weighted by Crippen LogP contribution is -2.03. The minimum Gasteiger partial charge on any atom is -0.493 e. The molecule has 0 atom stereocenters. The Kier molecular flexibility index (Phi) is 5.16. The number of thiophene rings is 1. The fraction of sp³-hybridized carbons (Fsp3) is 0.143. The van der Waals surface area contributed by atoms with Crippen molar-refractivity contribution in [3.05, 3.63) is 77.4 Å². The highest BCUT2D eigenvalue weighted by atomic mass is 32.1. The number of nitrogens with zero attached hydrogens (tertiary/aromatic N) is 2. The Morgan fingerprint density at radius 2 is 1.85 bits per heavy atom. The average molecular weight is 377 g/mol. The predicted octanol–water partition coefficient (Wildman–Crippen LogP) is 4.89. The van der Waals surface area contributed by atoms with Crippen LogP contribution in [0.2, 0.25) is 0 Å². The van der Waals surface area contributed by atoms with E-state index in [-0.39, 0.29) is 0 Å². The highest BCUT2D eigenvalue weighted by Gasteiger charge is 2.08. The van der Waals surface area contributed by atoms with Crippen LogP contribution in [0.25, 0.3) is 10.2 Å². The fourth-order valence-electron chi connectivity index (χ4n) is 2.79. The molecule has 2 heterocycles. The Morgan fingerprint density at radius 3 is 2.70 bits per heavy atom. The first kappa shape index (κ1) is 17.3. The standard InChI is InChI=1S/C21H19N3O2S/c1-25-19-11-16(7-8-18(19)26-13-15-5-3-2-4-6-15)12-22-20-17-9-10-27-21(17)24-14-23-20/h2-11,14H,12-13H2,1H3,(H,22,23,24). The van der Waals surface area contributed by atoms with E-state index in [4.69, 9.17) is 9.47 Å². The van der Waals surface area contributed by atoms with Crippen molar-refractivity contribution in [1.29, 1.82) is 0 Å². The summed E-state index contributed by atoms with van der Waals surface area (Å²) in [7, 11) is 1.65. The minimum atomic E-state index is 0.506. The molecule has 0 aliphatic carbocycles. The Morgan fingerprint density at radius 1 is 0.963 bits per heavy atom. The molecule has 27 heavy (non-hydrogen) atoms. The normalized spacial score (nSPS) is 10.7. The second kappa shape index (κ2) is 8.05. The molecule has 1 N–H and O–H groups in total. The quantitative estimate of drug-likeness (QED) is 0.497. The summed E-state index contributed by atoms with van der Waals surface area (Å²) in [5.74, 6) is 2.28. The fourth-order valence-corrected chi connectivity index (χ4v) is 3.53. The van der Waals surface area contributed by atoms with Crippen molar-refractivity contribution in [2.75, 3.05) is 12.4 Å². The van der Waals surface area contributed by atoms with Crippen molar-refractivity contribution < 1.29 is 9.47 Å². The maximum absolute atomic E-state index is 5.91. The summed E-state index contributed by atoms with van der Waals surface area (Å²) in [5, 5.41) is 6.44. The Bertz CT molecular complexity index is 1030. The smallest absolute Gasteiger partial charge is 0.161 e. The molecule has 0 saturated heterocycles. The van der Waals surface area contributed by atoms with Gasteiger partial charge in [-0.15, -0.1) is 11.3 Å². The van der Waals surface area contributed by atoms with Crippen molar-refractivity contribution in [3.8, 4) is 11.5 Å². The number of rotatable bonds is 7. The highest BCUT2D eigenvalue weighted by molar-refractivity contribution is 7.16. The number of anilines is 1. The first-order valence-corrected chi connectivity index (χ1v) is 9.47. The van der Waals surface area contributed by atoms with Gasteiger partial charge in [0.05, 0.1) is 12.5 Å². The molecule has 6 heteroatoms. The van der Waals surface area contributed by atoms with E-state index in [1.54, 1.807) is 24.8 Å². The maximum atomic E-state index is 5.91. The number of benzene rings is 2. The third-order valence-corrected chi connectivity index (χ3v) is 5.01. The zero-order valence-electron chi connectivity index (χ0n) is 14.9. The van der Waals surface area contributed by atoms with Crippen LogP contribution in [0.3, 0.4) is 0 Å². The average Bonchev–Trinajstić information content (AvgIpc) is 3.21. The van der Waals surface area contributed by atoms with E-state index in [1.807, 2.05) is 60.0 Å². The van der Waals surface area contributed by atoms with Crippen molar-refractivity contribution in [3.63, 3.8) is 0 Å². The van der Waals surface area contributed by atoms with Crippen LogP contribution in [-0.2, 0) is 13.2 Å². The van der Waals surface area contributed by atoms with Gasteiger partial charge in [-0.3, -0.25) is 0 Å². The molecule has 0 fully saturated rings. The van der Waals surface area contributed by atoms with Crippen LogP contribution in [0, 0.1) is 0 Å². The third kappa shape index (κ3) is 4.01. The number of fused-ring (bicyclic) bond motifs is 1. The van der Waals surface area contributed by atoms with Gasteiger partial charge in [0.1, 0.15) is 23.6 Å². The second-order valence-electron chi connectivity index (χ2n) is 5.97. The summed E-state index contributed by atoms with van der Waals surface area (Å²) in [6, 6.07) is 18.1. The number of methoxy groups -OCH3 is 1. The van der Waals surface area contributed by atoms with E-state index >= 15 is 0 Å². The molecule has 0 unspecified atom stereocenters. The van der Waals surface area contributed by atoms with Gasteiger partial charge >= 0.3 is 0 Å². The van der Waals surface area contributed by atoms with Gasteiger partial charge in [0.25, 0.3) is 0 Å². The molecular formula is C21H19N3O2S. The predicted molar refractivity (Wildman–Crippen MR) is 109 cm³/mol. The lowest BCUT2D eigenvalue weighted by molar-refractivity contribution is 0.284. The number of hydrogen-bond donors (Lipinski definition) is 1. The molecule has 136 valence electrons. The molecule has 0 saturated carbocycles. The molecule has 5 nitrogen and oxygen atoms in total. The lowest BCUT2D eigenvalue weighted by Gasteiger charge is -2.13. The van der Waals surface area contributed by atoms with Gasteiger partial charge in [-0.1, -0.05) is 36.4 Å². The van der Waals surface area contributed by atoms with Crippen molar-refractivity contribution >= 4 is 27.4 Å². The molecular weight excluding hydrogens is 358 g/mol. The SMILES string of the molecule is COc1cc(CNc2ncnc3sccc23)ccc1OCc1ccccc1. The Hall–Kier alpha value is -3.12. The summed E-state index contributed by atoms with van der Waals surface area (Å²) < 4.78 is 11.4. The molecule has 4 aromatic rings. The molecule has 0 spiro atoms. The third-order valence-electron chi connectivity index (χ3n) is 4.19. The van der Waals surface area contributed by atoms with Gasteiger partial charge < -0.3 is 14.8 Å². The summed E-state index contributed by atoms with van der Waals surface area (Å²) in [6.07, 6.45) is 1.59. The molecule has 0 bridgehead atoms. The van der Waals surface area contributed by atoms with Gasteiger partial charge in [0.15, 0.2) is 11.5 Å². The van der Waals surface area contributed by atoms with E-state index in [0.29, 0.717) is 18.9 Å². The summed E-state index contributed by atoms with van der Waals surface area (Å²) in [4.78, 5) is 9.60. The zero-order chi connectivity index (χ0) is 18.5. The Labute approximate surface area is 161 Å². The molecule has 0 radical (unpaired) electrons. The maximum Gasteiger partial charge on any atom is 0.161 e. The molecule has 2 aromatic carbocycles. The largest absolute Gasteiger partial charge is 0.493 e. The van der Waals surface area contributed by atoms with Crippen LogP contribution in [0.5, 0.6) is 11.5 Å². The lowest BCUT2D eigenvalue weighted by atomic mass is 10.2. The van der Waals surface area contributed by atoms with Crippen molar-refractivity contribution in [2.24, 2.45) is 0 Å². The summed E-state index contributed by atoms with van der Waals surface area (Å²) in [6.45, 7) is 1.14. The van der Waals surface area contributed by atoms with Gasteiger partial charge in [-0.25, -0.2) is 9.97 Å². The van der Waals surface area contributed by atoms with Crippen LogP contribution >= 0.6 is 11.3 Å². The molecule has 4 rings (SSSR count). The molecule has 0 aliphatic rings. The van der Waals surface area contributed by atoms with Gasteiger partial charge in [-0.2, -0.15) is 0 Å². The number of hydrogen-bond acceptors (Lipinski definition) is 6. The van der Waals surface area contributed by atoms with Crippen molar-refractivity contribution in [1.82, 2.24) is 9.97 Å². The van der Waals surface area contributed by atoms with Gasteiger partial charge in [0.2, 0.25) is 0 Å². The number of nitrogens with one attached hydrogen (secondary N) is 1. The molecule has 2 aromatic heterocycles. The number of aromatic nitrogens is 2. The van der Waals surface area contributed by atoms with Gasteiger partial charge in [0, 0.05) is 6.54 Å². The Balaban J connectivity index is 1.45. The van der Waals surface area contributed by atoms with Crippen LogP contribution in [0.1, 0.15) is 11.1 Å². The minimum absolute atomic E-state index is 0.506. The zero-order valence-corrected chi connectivity index (χ0v) is 15.7. The summed E-state index contributed by atoms with van der Waals surface area (Å²) >= 11 is 1.61. The van der Waals surface area contributed by atoms with E-state index in [0.717, 1.165) is 32.9 Å². The molecule has 0 amide bonds.